The number of aromatic nitrogens is 2. The lowest BCUT2D eigenvalue weighted by atomic mass is 9.98. The Morgan fingerprint density at radius 1 is 1.09 bits per heavy atom. The number of hydrogen-bond acceptors (Lipinski definition) is 6. The van der Waals surface area contributed by atoms with Gasteiger partial charge in [-0.2, -0.15) is 9.37 Å². The van der Waals surface area contributed by atoms with E-state index in [1.165, 1.54) is 30.3 Å². The molecule has 0 unspecified atom stereocenters. The van der Waals surface area contributed by atoms with Gasteiger partial charge in [0.25, 0.3) is 5.88 Å². The molecule has 1 aliphatic rings. The van der Waals surface area contributed by atoms with E-state index in [0.29, 0.717) is 37.3 Å². The van der Waals surface area contributed by atoms with Gasteiger partial charge in [-0.1, -0.05) is 12.1 Å². The molecule has 1 aliphatic heterocycles. The van der Waals surface area contributed by atoms with Gasteiger partial charge in [0, 0.05) is 24.5 Å². The van der Waals surface area contributed by atoms with Gasteiger partial charge in [-0.15, -0.1) is 0 Å². The number of carboxylic acid groups (broad SMARTS) is 1. The Morgan fingerprint density at radius 3 is 2.57 bits per heavy atom. The Bertz CT molecular complexity index is 1220. The summed E-state index contributed by atoms with van der Waals surface area (Å²) in [5.41, 5.74) is 0.912. The summed E-state index contributed by atoms with van der Waals surface area (Å²) < 4.78 is 33.1. The van der Waals surface area contributed by atoms with E-state index in [-0.39, 0.29) is 35.9 Å². The fraction of sp³-hybridized carbons (Fsp3) is 0.250. The number of hydrogen-bond donors (Lipinski definition) is 3. The summed E-state index contributed by atoms with van der Waals surface area (Å²) in [6.45, 7) is 1.17. The number of carboxylic acids is 1. The third kappa shape index (κ3) is 6.40. The predicted octanol–water partition coefficient (Wildman–Crippen LogP) is 4.52. The quantitative estimate of drug-likeness (QED) is 0.452. The number of aromatic carboxylic acids is 1. The maximum atomic E-state index is 14.2. The molecule has 0 radical (unpaired) electrons. The van der Waals surface area contributed by atoms with Crippen LogP contribution in [0.25, 0.3) is 0 Å². The Morgan fingerprint density at radius 2 is 1.83 bits per heavy atom. The highest BCUT2D eigenvalue weighted by atomic mass is 19.1. The molecule has 3 aromatic rings. The molecular formula is C24H23F2N5O4. The van der Waals surface area contributed by atoms with E-state index in [1.807, 2.05) is 0 Å². The lowest BCUT2D eigenvalue weighted by Gasteiger charge is -2.31. The number of piperidine rings is 1. The smallest absolute Gasteiger partial charge is 0.335 e. The van der Waals surface area contributed by atoms with Crippen molar-refractivity contribution in [3.63, 3.8) is 0 Å². The lowest BCUT2D eigenvalue weighted by Crippen LogP contribution is -2.42. The molecule has 0 aliphatic carbocycles. The molecule has 35 heavy (non-hydrogen) atoms. The van der Waals surface area contributed by atoms with Crippen LogP contribution < -0.4 is 15.4 Å². The molecule has 0 bridgehead atoms. The molecule has 0 spiro atoms. The summed E-state index contributed by atoms with van der Waals surface area (Å²) in [5, 5.41) is 14.6. The number of likely N-dealkylation sites (tertiary alicyclic amines) is 1. The minimum Gasteiger partial charge on any atom is -0.478 e. The van der Waals surface area contributed by atoms with Crippen molar-refractivity contribution in [1.82, 2.24) is 14.9 Å². The van der Waals surface area contributed by atoms with Gasteiger partial charge in [-0.25, -0.2) is 19.0 Å². The van der Waals surface area contributed by atoms with Crippen LogP contribution in [-0.2, 0) is 0 Å². The minimum atomic E-state index is -1.07. The minimum absolute atomic E-state index is 0.0628. The van der Waals surface area contributed by atoms with Crippen molar-refractivity contribution in [2.24, 2.45) is 5.92 Å². The number of benzene rings is 2. The van der Waals surface area contributed by atoms with Crippen molar-refractivity contribution in [3.8, 4) is 5.88 Å². The molecule has 4 rings (SSSR count). The first kappa shape index (κ1) is 23.9. The number of amides is 2. The average Bonchev–Trinajstić information content (AvgIpc) is 2.85. The van der Waals surface area contributed by atoms with E-state index >= 15 is 0 Å². The number of nitrogens with zero attached hydrogens (tertiary/aromatic N) is 3. The van der Waals surface area contributed by atoms with Crippen molar-refractivity contribution < 1.29 is 28.2 Å². The van der Waals surface area contributed by atoms with Gasteiger partial charge in [0.2, 0.25) is 11.8 Å². The highest BCUT2D eigenvalue weighted by Gasteiger charge is 2.24. The van der Waals surface area contributed by atoms with Crippen LogP contribution in [0.15, 0.2) is 54.7 Å². The van der Waals surface area contributed by atoms with Crippen LogP contribution in [0.2, 0.25) is 0 Å². The number of rotatable bonds is 7. The van der Waals surface area contributed by atoms with E-state index in [1.54, 1.807) is 23.1 Å². The molecule has 3 N–H and O–H groups in total. The Balaban J connectivity index is 1.29. The van der Waals surface area contributed by atoms with Crippen molar-refractivity contribution in [3.05, 3.63) is 71.9 Å². The molecule has 2 aromatic carbocycles. The topological polar surface area (TPSA) is 117 Å². The number of nitrogens with one attached hydrogen (secondary N) is 2. The second kappa shape index (κ2) is 10.8. The summed E-state index contributed by atoms with van der Waals surface area (Å²) in [4.78, 5) is 33.1. The van der Waals surface area contributed by atoms with Crippen molar-refractivity contribution in [2.75, 3.05) is 30.3 Å². The van der Waals surface area contributed by atoms with Crippen LogP contribution in [-0.4, -0.2) is 51.7 Å². The van der Waals surface area contributed by atoms with Crippen LogP contribution in [0.3, 0.4) is 0 Å². The Kier molecular flexibility index (Phi) is 7.34. The summed E-state index contributed by atoms with van der Waals surface area (Å²) in [5.74, 6) is -2.29. The van der Waals surface area contributed by atoms with Crippen molar-refractivity contribution >= 4 is 29.3 Å². The van der Waals surface area contributed by atoms with E-state index in [9.17, 15) is 18.4 Å². The first-order valence-electron chi connectivity index (χ1n) is 10.9. The van der Waals surface area contributed by atoms with Crippen molar-refractivity contribution in [2.45, 2.75) is 12.8 Å². The Hall–Kier alpha value is -4.28. The highest BCUT2D eigenvalue weighted by Crippen LogP contribution is 2.23. The molecule has 11 heteroatoms. The number of carbonyl (C=O) groups excluding carboxylic acids is 1. The molecule has 0 saturated carbocycles. The second-order valence-electron chi connectivity index (χ2n) is 8.04. The molecule has 1 aromatic heterocycles. The molecule has 2 amide bonds. The van der Waals surface area contributed by atoms with Crippen molar-refractivity contribution in [1.29, 1.82) is 0 Å². The van der Waals surface area contributed by atoms with E-state index in [0.717, 1.165) is 6.20 Å². The van der Waals surface area contributed by atoms with E-state index in [2.05, 4.69) is 20.6 Å². The normalized spacial score (nSPS) is 13.8. The largest absolute Gasteiger partial charge is 0.478 e. The van der Waals surface area contributed by atoms with Crippen LogP contribution in [0, 0.1) is 17.6 Å². The standard InChI is InChI=1S/C24H23F2N5O4/c25-17-4-2-6-19(12-17)29-24(34)31-9-7-15(8-10-31)14-35-21-20(26)13-27-23(30-21)28-18-5-1-3-16(11-18)22(32)33/h1-6,11-13,15H,7-10,14H2,(H,29,34)(H,32,33)(H,27,28,30). The van der Waals surface area contributed by atoms with Crippen LogP contribution >= 0.6 is 0 Å². The molecule has 1 fully saturated rings. The number of anilines is 3. The summed E-state index contributed by atoms with van der Waals surface area (Å²) >= 11 is 0. The van der Waals surface area contributed by atoms with E-state index in [4.69, 9.17) is 9.84 Å². The number of ether oxygens (including phenoxy) is 1. The van der Waals surface area contributed by atoms with Crippen LogP contribution in [0.4, 0.5) is 30.9 Å². The summed E-state index contributed by atoms with van der Waals surface area (Å²) in [6.07, 6.45) is 2.28. The molecule has 0 atom stereocenters. The molecule has 182 valence electrons. The molecular weight excluding hydrogens is 460 g/mol. The van der Waals surface area contributed by atoms with Gasteiger partial charge >= 0.3 is 12.0 Å². The van der Waals surface area contributed by atoms with Gasteiger partial charge in [0.05, 0.1) is 18.4 Å². The first-order valence-corrected chi connectivity index (χ1v) is 10.9. The molecule has 2 heterocycles. The number of halogens is 2. The maximum absolute atomic E-state index is 14.2. The van der Waals surface area contributed by atoms with Gasteiger partial charge in [-0.05, 0) is 55.2 Å². The lowest BCUT2D eigenvalue weighted by molar-refractivity contribution is 0.0697. The molecule has 1 saturated heterocycles. The zero-order valence-electron chi connectivity index (χ0n) is 18.6. The average molecular weight is 483 g/mol. The zero-order chi connectivity index (χ0) is 24.8. The predicted molar refractivity (Wildman–Crippen MR) is 124 cm³/mol. The Labute approximate surface area is 199 Å². The number of urea groups is 1. The molecule has 9 nitrogen and oxygen atoms in total. The summed E-state index contributed by atoms with van der Waals surface area (Å²) in [7, 11) is 0. The third-order valence-electron chi connectivity index (χ3n) is 5.51. The fourth-order valence-corrected chi connectivity index (χ4v) is 3.64. The van der Waals surface area contributed by atoms with E-state index < -0.39 is 17.6 Å². The van der Waals surface area contributed by atoms with Crippen LogP contribution in [0.5, 0.6) is 5.88 Å². The third-order valence-corrected chi connectivity index (χ3v) is 5.51. The first-order chi connectivity index (χ1) is 16.9. The van der Waals surface area contributed by atoms with Gasteiger partial charge in [0.1, 0.15) is 5.82 Å². The maximum Gasteiger partial charge on any atom is 0.335 e. The monoisotopic (exact) mass is 483 g/mol. The zero-order valence-corrected chi connectivity index (χ0v) is 18.6. The van der Waals surface area contributed by atoms with Gasteiger partial charge < -0.3 is 25.4 Å². The van der Waals surface area contributed by atoms with Gasteiger partial charge in [0.15, 0.2) is 0 Å². The van der Waals surface area contributed by atoms with Crippen LogP contribution in [0.1, 0.15) is 23.2 Å². The number of carbonyl (C=O) groups is 2. The summed E-state index contributed by atoms with van der Waals surface area (Å²) in [6, 6.07) is 11.4. The van der Waals surface area contributed by atoms with Gasteiger partial charge in [-0.3, -0.25) is 0 Å². The highest BCUT2D eigenvalue weighted by molar-refractivity contribution is 5.89. The fourth-order valence-electron chi connectivity index (χ4n) is 3.64. The SMILES string of the molecule is O=C(O)c1cccc(Nc2ncc(F)c(OCC3CCN(C(=O)Nc4cccc(F)c4)CC3)n2)c1. The second-order valence-corrected chi connectivity index (χ2v) is 8.04.